The molecule has 0 saturated carbocycles. The molecule has 0 spiro atoms. The highest BCUT2D eigenvalue weighted by atomic mass is 35.5. The first-order valence-corrected chi connectivity index (χ1v) is 4.76. The molecular formula is C9H8Cl2NO. The van der Waals surface area contributed by atoms with Crippen molar-refractivity contribution >= 4 is 23.2 Å². The van der Waals surface area contributed by atoms with Gasteiger partial charge in [-0.05, 0) is 12.1 Å². The van der Waals surface area contributed by atoms with E-state index >= 15 is 0 Å². The van der Waals surface area contributed by atoms with Crippen LogP contribution in [0.15, 0.2) is 18.2 Å². The fourth-order valence-electron chi connectivity index (χ4n) is 1.05. The van der Waals surface area contributed by atoms with Crippen LogP contribution in [-0.2, 0) is 0 Å². The minimum atomic E-state index is 0.220. The smallest absolute Gasteiger partial charge is 0.127 e. The van der Waals surface area contributed by atoms with Crippen molar-refractivity contribution in [3.8, 4) is 5.75 Å². The summed E-state index contributed by atoms with van der Waals surface area (Å²) in [4.78, 5) is 0. The zero-order valence-corrected chi connectivity index (χ0v) is 8.35. The van der Waals surface area contributed by atoms with Crippen molar-refractivity contribution in [1.82, 2.24) is 5.32 Å². The Morgan fingerprint density at radius 1 is 1.23 bits per heavy atom. The third-order valence-corrected chi connectivity index (χ3v) is 2.60. The van der Waals surface area contributed by atoms with Crippen LogP contribution in [0.3, 0.4) is 0 Å². The van der Waals surface area contributed by atoms with Gasteiger partial charge in [0.2, 0.25) is 0 Å². The molecule has 1 aromatic rings. The summed E-state index contributed by atoms with van der Waals surface area (Å²) in [6.07, 6.45) is 0.220. The molecule has 0 atom stereocenters. The molecule has 1 aliphatic heterocycles. The molecule has 0 aliphatic carbocycles. The van der Waals surface area contributed by atoms with Gasteiger partial charge in [-0.25, -0.2) is 5.32 Å². The van der Waals surface area contributed by atoms with Gasteiger partial charge in [0.25, 0.3) is 0 Å². The monoisotopic (exact) mass is 216 g/mol. The van der Waals surface area contributed by atoms with Gasteiger partial charge in [-0.15, -0.1) is 0 Å². The summed E-state index contributed by atoms with van der Waals surface area (Å²) < 4.78 is 5.55. The molecule has 2 nitrogen and oxygen atoms in total. The van der Waals surface area contributed by atoms with Gasteiger partial charge in [-0.2, -0.15) is 0 Å². The molecule has 0 bridgehead atoms. The molecule has 2 rings (SSSR count). The van der Waals surface area contributed by atoms with Gasteiger partial charge in [0.15, 0.2) is 0 Å². The maximum atomic E-state index is 5.82. The van der Waals surface area contributed by atoms with Gasteiger partial charge in [0, 0.05) is 6.07 Å². The SMILES string of the molecule is Clc1ccc(OC2C[N]C2)cc1Cl. The molecule has 1 heterocycles. The Bertz CT molecular complexity index is 312. The van der Waals surface area contributed by atoms with Crippen LogP contribution in [0.25, 0.3) is 0 Å². The first kappa shape index (κ1) is 9.13. The van der Waals surface area contributed by atoms with Crippen LogP contribution in [-0.4, -0.2) is 19.2 Å². The number of halogens is 2. The summed E-state index contributed by atoms with van der Waals surface area (Å²) in [6, 6.07) is 5.27. The van der Waals surface area contributed by atoms with Crippen LogP contribution >= 0.6 is 23.2 Å². The summed E-state index contributed by atoms with van der Waals surface area (Å²) in [5, 5.41) is 5.12. The minimum absolute atomic E-state index is 0.220. The molecule has 1 aromatic carbocycles. The second-order valence-corrected chi connectivity index (χ2v) is 3.72. The highest BCUT2D eigenvalue weighted by Crippen LogP contribution is 2.27. The van der Waals surface area contributed by atoms with Gasteiger partial charge in [-0.3, -0.25) is 0 Å². The predicted octanol–water partition coefficient (Wildman–Crippen LogP) is 2.36. The van der Waals surface area contributed by atoms with E-state index in [1.165, 1.54) is 0 Å². The molecule has 1 fully saturated rings. The molecule has 1 aliphatic rings. The van der Waals surface area contributed by atoms with Crippen LogP contribution < -0.4 is 10.1 Å². The lowest BCUT2D eigenvalue weighted by molar-refractivity contribution is 0.139. The molecule has 0 unspecified atom stereocenters. The Balaban J connectivity index is 2.07. The van der Waals surface area contributed by atoms with Gasteiger partial charge in [0.05, 0.1) is 23.1 Å². The van der Waals surface area contributed by atoms with Crippen LogP contribution in [0, 0.1) is 0 Å². The number of hydrogen-bond donors (Lipinski definition) is 0. The first-order chi connectivity index (χ1) is 6.25. The summed E-state index contributed by atoms with van der Waals surface area (Å²) in [7, 11) is 0. The third kappa shape index (κ3) is 2.08. The summed E-state index contributed by atoms with van der Waals surface area (Å²) in [5.74, 6) is 0.759. The molecule has 0 amide bonds. The van der Waals surface area contributed by atoms with E-state index in [0.29, 0.717) is 10.0 Å². The number of benzene rings is 1. The highest BCUT2D eigenvalue weighted by Gasteiger charge is 2.19. The zero-order chi connectivity index (χ0) is 9.26. The van der Waals surface area contributed by atoms with Gasteiger partial charge in [0.1, 0.15) is 11.9 Å². The number of hydrogen-bond acceptors (Lipinski definition) is 1. The van der Waals surface area contributed by atoms with E-state index in [9.17, 15) is 0 Å². The van der Waals surface area contributed by atoms with E-state index in [2.05, 4.69) is 5.32 Å². The number of rotatable bonds is 2. The van der Waals surface area contributed by atoms with Gasteiger partial charge in [-0.1, -0.05) is 23.2 Å². The van der Waals surface area contributed by atoms with Crippen molar-refractivity contribution in [1.29, 1.82) is 0 Å². The average Bonchev–Trinajstić information content (AvgIpc) is 2.04. The zero-order valence-electron chi connectivity index (χ0n) is 6.84. The normalized spacial score (nSPS) is 16.8. The second-order valence-electron chi connectivity index (χ2n) is 2.90. The van der Waals surface area contributed by atoms with Crippen molar-refractivity contribution < 1.29 is 4.74 Å². The maximum Gasteiger partial charge on any atom is 0.127 e. The summed E-state index contributed by atoms with van der Waals surface area (Å²) in [6.45, 7) is 1.56. The van der Waals surface area contributed by atoms with E-state index in [1.807, 2.05) is 6.07 Å². The van der Waals surface area contributed by atoms with Crippen molar-refractivity contribution in [2.45, 2.75) is 6.10 Å². The van der Waals surface area contributed by atoms with Crippen molar-refractivity contribution in [2.24, 2.45) is 0 Å². The molecule has 0 aromatic heterocycles. The topological polar surface area (TPSA) is 23.3 Å². The lowest BCUT2D eigenvalue weighted by atomic mass is 10.2. The quantitative estimate of drug-likeness (QED) is 0.745. The molecule has 1 radical (unpaired) electrons. The Labute approximate surface area is 86.8 Å². The Hall–Kier alpha value is -0.440. The summed E-state index contributed by atoms with van der Waals surface area (Å²) >= 11 is 11.6. The van der Waals surface area contributed by atoms with Gasteiger partial charge < -0.3 is 4.74 Å². The number of ether oxygens (including phenoxy) is 1. The molecule has 0 N–H and O–H groups in total. The Morgan fingerprint density at radius 3 is 2.54 bits per heavy atom. The van der Waals surface area contributed by atoms with Crippen LogP contribution in [0.4, 0.5) is 0 Å². The molecule has 1 saturated heterocycles. The molecule has 4 heteroatoms. The van der Waals surface area contributed by atoms with E-state index in [-0.39, 0.29) is 6.10 Å². The largest absolute Gasteiger partial charge is 0.488 e. The van der Waals surface area contributed by atoms with Crippen molar-refractivity contribution in [3.05, 3.63) is 28.2 Å². The maximum absolute atomic E-state index is 5.82. The third-order valence-electron chi connectivity index (χ3n) is 1.86. The molecule has 69 valence electrons. The van der Waals surface area contributed by atoms with E-state index in [1.54, 1.807) is 12.1 Å². The minimum Gasteiger partial charge on any atom is -0.488 e. The first-order valence-electron chi connectivity index (χ1n) is 4.00. The van der Waals surface area contributed by atoms with E-state index < -0.39 is 0 Å². The van der Waals surface area contributed by atoms with Crippen molar-refractivity contribution in [3.63, 3.8) is 0 Å². The van der Waals surface area contributed by atoms with Crippen LogP contribution in [0.5, 0.6) is 5.75 Å². The second kappa shape index (κ2) is 3.74. The Morgan fingerprint density at radius 2 is 2.00 bits per heavy atom. The van der Waals surface area contributed by atoms with Gasteiger partial charge >= 0.3 is 0 Å². The number of nitrogens with zero attached hydrogens (tertiary/aromatic N) is 1. The highest BCUT2D eigenvalue weighted by molar-refractivity contribution is 6.42. The van der Waals surface area contributed by atoms with Crippen LogP contribution in [0.1, 0.15) is 0 Å². The fraction of sp³-hybridized carbons (Fsp3) is 0.333. The predicted molar refractivity (Wildman–Crippen MR) is 52.7 cm³/mol. The van der Waals surface area contributed by atoms with E-state index in [0.717, 1.165) is 18.8 Å². The lowest BCUT2D eigenvalue weighted by Gasteiger charge is -2.26. The van der Waals surface area contributed by atoms with Crippen LogP contribution in [0.2, 0.25) is 10.0 Å². The molecule has 13 heavy (non-hydrogen) atoms. The fourth-order valence-corrected chi connectivity index (χ4v) is 1.34. The van der Waals surface area contributed by atoms with Crippen molar-refractivity contribution in [2.75, 3.05) is 13.1 Å². The molecular weight excluding hydrogens is 209 g/mol. The standard InChI is InChI=1S/C9H8Cl2NO/c10-8-2-1-6(3-9(8)11)13-7-4-12-5-7/h1-3,7H,4-5H2. The average molecular weight is 217 g/mol. The van der Waals surface area contributed by atoms with E-state index in [4.69, 9.17) is 27.9 Å². The summed E-state index contributed by atoms with van der Waals surface area (Å²) in [5.41, 5.74) is 0. The Kier molecular flexibility index (Phi) is 2.63. The lowest BCUT2D eigenvalue weighted by Crippen LogP contribution is -2.45.